The van der Waals surface area contributed by atoms with Crippen molar-refractivity contribution < 1.29 is 13.7 Å². The van der Waals surface area contributed by atoms with E-state index in [0.717, 1.165) is 12.0 Å². The van der Waals surface area contributed by atoms with Crippen LogP contribution in [0.1, 0.15) is 23.4 Å². The molecule has 0 aliphatic rings. The molecule has 30 heavy (non-hydrogen) atoms. The third-order valence-corrected chi connectivity index (χ3v) is 4.72. The molecule has 0 saturated carbocycles. The van der Waals surface area contributed by atoms with Gasteiger partial charge in [-0.3, -0.25) is 9.78 Å². The van der Waals surface area contributed by atoms with E-state index in [1.807, 2.05) is 35.2 Å². The van der Waals surface area contributed by atoms with Gasteiger partial charge in [-0.15, -0.1) is 0 Å². The molecule has 1 amide bonds. The van der Waals surface area contributed by atoms with Crippen LogP contribution in [0.15, 0.2) is 82.2 Å². The van der Waals surface area contributed by atoms with Crippen molar-refractivity contribution in [2.75, 3.05) is 6.54 Å². The Morgan fingerprint density at radius 3 is 2.60 bits per heavy atom. The molecule has 4 aromatic rings. The Labute approximate surface area is 174 Å². The first-order chi connectivity index (χ1) is 14.8. The minimum atomic E-state index is 0.0348. The predicted molar refractivity (Wildman–Crippen MR) is 110 cm³/mol. The number of furan rings is 1. The first kappa shape index (κ1) is 19.6. The summed E-state index contributed by atoms with van der Waals surface area (Å²) in [7, 11) is 0. The van der Waals surface area contributed by atoms with Crippen LogP contribution in [0.2, 0.25) is 0 Å². The van der Waals surface area contributed by atoms with Gasteiger partial charge in [0.2, 0.25) is 17.6 Å². The van der Waals surface area contributed by atoms with Gasteiger partial charge in [0.1, 0.15) is 0 Å². The molecule has 1 aromatic carbocycles. The van der Waals surface area contributed by atoms with Crippen LogP contribution in [0.3, 0.4) is 0 Å². The molecule has 4 rings (SSSR count). The Hall–Kier alpha value is -3.74. The van der Waals surface area contributed by atoms with Crippen molar-refractivity contribution in [3.8, 4) is 11.6 Å². The van der Waals surface area contributed by atoms with E-state index in [-0.39, 0.29) is 12.3 Å². The number of aromatic nitrogens is 3. The second-order valence-corrected chi connectivity index (χ2v) is 6.90. The van der Waals surface area contributed by atoms with E-state index in [4.69, 9.17) is 8.94 Å². The molecule has 152 valence electrons. The largest absolute Gasteiger partial charge is 0.461 e. The van der Waals surface area contributed by atoms with Gasteiger partial charge in [-0.2, -0.15) is 4.98 Å². The number of hydrogen-bond donors (Lipinski definition) is 0. The molecular formula is C23H22N4O3. The number of amides is 1. The molecule has 0 atom stereocenters. The number of carbonyl (C=O) groups is 1. The number of pyridine rings is 1. The molecule has 0 spiro atoms. The van der Waals surface area contributed by atoms with Crippen molar-refractivity contribution in [2.24, 2.45) is 0 Å². The fourth-order valence-corrected chi connectivity index (χ4v) is 3.15. The van der Waals surface area contributed by atoms with E-state index >= 15 is 0 Å². The second-order valence-electron chi connectivity index (χ2n) is 6.90. The van der Waals surface area contributed by atoms with E-state index in [1.54, 1.807) is 30.8 Å². The molecule has 0 aliphatic heterocycles. The lowest BCUT2D eigenvalue weighted by Gasteiger charge is -2.22. The Bertz CT molecular complexity index is 1050. The molecule has 3 aromatic heterocycles. The van der Waals surface area contributed by atoms with Crippen molar-refractivity contribution in [3.63, 3.8) is 0 Å². The van der Waals surface area contributed by atoms with Gasteiger partial charge in [0.15, 0.2) is 5.76 Å². The van der Waals surface area contributed by atoms with E-state index in [9.17, 15) is 4.79 Å². The van der Waals surface area contributed by atoms with Gasteiger partial charge in [-0.1, -0.05) is 41.6 Å². The SMILES string of the molecule is O=C(CCc1nc(-c2ccco2)no1)N(CCc1ccccc1)Cc1cccnc1. The van der Waals surface area contributed by atoms with Gasteiger partial charge >= 0.3 is 0 Å². The number of hydrogen-bond acceptors (Lipinski definition) is 6. The van der Waals surface area contributed by atoms with Crippen molar-refractivity contribution in [1.82, 2.24) is 20.0 Å². The van der Waals surface area contributed by atoms with Crippen molar-refractivity contribution >= 4 is 5.91 Å². The molecule has 7 heteroatoms. The highest BCUT2D eigenvalue weighted by atomic mass is 16.5. The van der Waals surface area contributed by atoms with Gasteiger partial charge in [0.05, 0.1) is 6.26 Å². The number of benzene rings is 1. The summed E-state index contributed by atoms with van der Waals surface area (Å²) in [6.45, 7) is 1.14. The van der Waals surface area contributed by atoms with Crippen LogP contribution in [0.25, 0.3) is 11.6 Å². The predicted octanol–water partition coefficient (Wildman–Crippen LogP) is 3.93. The topological polar surface area (TPSA) is 85.3 Å². The normalized spacial score (nSPS) is 10.8. The third kappa shape index (κ3) is 5.20. The van der Waals surface area contributed by atoms with E-state index in [1.165, 1.54) is 5.56 Å². The highest BCUT2D eigenvalue weighted by molar-refractivity contribution is 5.76. The monoisotopic (exact) mass is 402 g/mol. The number of nitrogens with zero attached hydrogens (tertiary/aromatic N) is 4. The highest BCUT2D eigenvalue weighted by Crippen LogP contribution is 2.17. The first-order valence-corrected chi connectivity index (χ1v) is 9.85. The molecule has 3 heterocycles. The van der Waals surface area contributed by atoms with E-state index in [2.05, 4.69) is 27.3 Å². The maximum atomic E-state index is 13.0. The molecule has 0 N–H and O–H groups in total. The van der Waals surface area contributed by atoms with Crippen LogP contribution < -0.4 is 0 Å². The Morgan fingerprint density at radius 2 is 1.83 bits per heavy atom. The van der Waals surface area contributed by atoms with Crippen LogP contribution >= 0.6 is 0 Å². The molecule has 0 unspecified atom stereocenters. The zero-order valence-corrected chi connectivity index (χ0v) is 16.5. The van der Waals surface area contributed by atoms with Crippen LogP contribution in [0.5, 0.6) is 0 Å². The Kier molecular flexibility index (Phi) is 6.29. The molecule has 0 saturated heterocycles. The van der Waals surface area contributed by atoms with Gasteiger partial charge in [-0.25, -0.2) is 0 Å². The lowest BCUT2D eigenvalue weighted by Crippen LogP contribution is -2.32. The molecule has 0 fully saturated rings. The quantitative estimate of drug-likeness (QED) is 0.422. The summed E-state index contributed by atoms with van der Waals surface area (Å²) in [5.41, 5.74) is 2.19. The summed E-state index contributed by atoms with van der Waals surface area (Å²) in [5, 5.41) is 3.91. The smallest absolute Gasteiger partial charge is 0.238 e. The molecule has 7 nitrogen and oxygen atoms in total. The van der Waals surface area contributed by atoms with Crippen LogP contribution in [-0.4, -0.2) is 32.5 Å². The molecule has 0 aliphatic carbocycles. The minimum Gasteiger partial charge on any atom is -0.461 e. The van der Waals surface area contributed by atoms with Crippen LogP contribution in [0.4, 0.5) is 0 Å². The first-order valence-electron chi connectivity index (χ1n) is 9.85. The lowest BCUT2D eigenvalue weighted by molar-refractivity contribution is -0.131. The lowest BCUT2D eigenvalue weighted by atomic mass is 10.1. The van der Waals surface area contributed by atoms with Crippen molar-refractivity contribution in [3.05, 3.63) is 90.3 Å². The zero-order chi connectivity index (χ0) is 20.6. The second kappa shape index (κ2) is 9.65. The van der Waals surface area contributed by atoms with Gasteiger partial charge in [0.25, 0.3) is 0 Å². The van der Waals surface area contributed by atoms with Gasteiger partial charge in [0, 0.05) is 38.3 Å². The van der Waals surface area contributed by atoms with Gasteiger partial charge < -0.3 is 13.8 Å². The van der Waals surface area contributed by atoms with Crippen LogP contribution in [-0.2, 0) is 24.2 Å². The molecule has 0 radical (unpaired) electrons. The standard InChI is InChI=1S/C23H22N4O3/c28-22(11-10-21-25-23(26-30-21)20-9-5-15-29-20)27(17-19-8-4-13-24-16-19)14-12-18-6-2-1-3-7-18/h1-9,13,15-16H,10-12,14,17H2. The summed E-state index contributed by atoms with van der Waals surface area (Å²) in [5.74, 6) is 1.38. The highest BCUT2D eigenvalue weighted by Gasteiger charge is 2.17. The molecular weight excluding hydrogens is 380 g/mol. The number of aryl methyl sites for hydroxylation is 1. The average Bonchev–Trinajstić information content (AvgIpc) is 3.48. The van der Waals surface area contributed by atoms with E-state index in [0.29, 0.717) is 37.0 Å². The third-order valence-electron chi connectivity index (χ3n) is 4.72. The Morgan fingerprint density at radius 1 is 0.967 bits per heavy atom. The summed E-state index contributed by atoms with van der Waals surface area (Å²) in [6.07, 6.45) is 6.52. The minimum absolute atomic E-state index is 0.0348. The van der Waals surface area contributed by atoms with Gasteiger partial charge in [-0.05, 0) is 35.7 Å². The number of rotatable bonds is 9. The summed E-state index contributed by atoms with van der Waals surface area (Å²) in [6, 6.07) is 17.5. The molecule has 0 bridgehead atoms. The fraction of sp³-hybridized carbons (Fsp3) is 0.217. The van der Waals surface area contributed by atoms with Crippen LogP contribution in [0, 0.1) is 0 Å². The van der Waals surface area contributed by atoms with Crippen molar-refractivity contribution in [2.45, 2.75) is 25.8 Å². The van der Waals surface area contributed by atoms with Crippen molar-refractivity contribution in [1.29, 1.82) is 0 Å². The summed E-state index contributed by atoms with van der Waals surface area (Å²) >= 11 is 0. The zero-order valence-electron chi connectivity index (χ0n) is 16.5. The Balaban J connectivity index is 1.39. The maximum Gasteiger partial charge on any atom is 0.238 e. The van der Waals surface area contributed by atoms with E-state index < -0.39 is 0 Å². The summed E-state index contributed by atoms with van der Waals surface area (Å²) < 4.78 is 10.5. The average molecular weight is 402 g/mol. The number of carbonyl (C=O) groups excluding carboxylic acids is 1. The summed E-state index contributed by atoms with van der Waals surface area (Å²) in [4.78, 5) is 23.3. The fourth-order valence-electron chi connectivity index (χ4n) is 3.15. The maximum absolute atomic E-state index is 13.0.